The highest BCUT2D eigenvalue weighted by molar-refractivity contribution is 5.88. The molecule has 0 unspecified atom stereocenters. The van der Waals surface area contributed by atoms with Gasteiger partial charge in [0.15, 0.2) is 0 Å². The fourth-order valence-electron chi connectivity index (χ4n) is 3.45. The molecule has 0 heterocycles. The van der Waals surface area contributed by atoms with Crippen LogP contribution in [0.4, 0.5) is 0 Å². The van der Waals surface area contributed by atoms with Crippen LogP contribution in [0.2, 0.25) is 0 Å². The lowest BCUT2D eigenvalue weighted by Crippen LogP contribution is -2.10. The molecule has 1 aliphatic rings. The molecule has 3 aromatic rings. The summed E-state index contributed by atoms with van der Waals surface area (Å²) in [6.45, 7) is 7.69. The number of hydrogen-bond acceptors (Lipinski definition) is 0. The minimum absolute atomic E-state index is 1.15. The predicted molar refractivity (Wildman–Crippen MR) is 105 cm³/mol. The topological polar surface area (TPSA) is 0 Å². The molecule has 0 saturated carbocycles. The van der Waals surface area contributed by atoms with Gasteiger partial charge >= 0.3 is 0 Å². The monoisotopic (exact) mass is 308 g/mol. The van der Waals surface area contributed by atoms with Crippen LogP contribution in [0.1, 0.15) is 22.3 Å². The van der Waals surface area contributed by atoms with Gasteiger partial charge in [0.2, 0.25) is 0 Å². The summed E-state index contributed by atoms with van der Waals surface area (Å²) >= 11 is 0. The molecule has 0 radical (unpaired) electrons. The maximum Gasteiger partial charge on any atom is -0.00704 e. The van der Waals surface area contributed by atoms with Gasteiger partial charge in [-0.05, 0) is 57.3 Å². The third-order valence-corrected chi connectivity index (χ3v) is 4.95. The molecule has 0 spiro atoms. The Bertz CT molecular complexity index is 910. The summed E-state index contributed by atoms with van der Waals surface area (Å²) in [6.07, 6.45) is 6.15. The molecule has 0 fully saturated rings. The van der Waals surface area contributed by atoms with Gasteiger partial charge in [-0.3, -0.25) is 0 Å². The zero-order valence-corrected chi connectivity index (χ0v) is 13.8. The van der Waals surface area contributed by atoms with Crippen LogP contribution < -0.4 is 0 Å². The van der Waals surface area contributed by atoms with Gasteiger partial charge in [0.05, 0.1) is 0 Å². The Kier molecular flexibility index (Phi) is 3.66. The SMILES string of the molecule is C=Cc1ccc(-c2ccc3c(c2-c2ccc(C=C)cc2)CC3)cc1. The highest BCUT2D eigenvalue weighted by atomic mass is 14.3. The molecule has 1 aliphatic carbocycles. The molecule has 4 rings (SSSR count). The third kappa shape index (κ3) is 2.41. The Morgan fingerprint density at radius 3 is 1.71 bits per heavy atom. The molecule has 0 N–H and O–H groups in total. The Morgan fingerprint density at radius 1 is 0.625 bits per heavy atom. The first-order chi connectivity index (χ1) is 11.8. The van der Waals surface area contributed by atoms with E-state index in [1.54, 1.807) is 0 Å². The average Bonchev–Trinajstić information content (AvgIpc) is 2.62. The molecule has 0 saturated heterocycles. The second-order valence-electron chi connectivity index (χ2n) is 6.28. The fourth-order valence-corrected chi connectivity index (χ4v) is 3.45. The lowest BCUT2D eigenvalue weighted by Gasteiger charge is -2.26. The van der Waals surface area contributed by atoms with Gasteiger partial charge in [-0.15, -0.1) is 0 Å². The van der Waals surface area contributed by atoms with Gasteiger partial charge in [-0.2, -0.15) is 0 Å². The quantitative estimate of drug-likeness (QED) is 0.522. The second kappa shape index (κ2) is 5.98. The van der Waals surface area contributed by atoms with Gasteiger partial charge < -0.3 is 0 Å². The standard InChI is InChI=1S/C24H20/c1-3-17-5-9-19(10-6-17)22-15-13-20-14-16-23(20)24(22)21-11-7-18(4-2)8-12-21/h3-13,15H,1-2,14,16H2. The Balaban J connectivity index is 1.89. The molecule has 0 nitrogen and oxygen atoms in total. The van der Waals surface area contributed by atoms with E-state index >= 15 is 0 Å². The Hall–Kier alpha value is -2.86. The number of fused-ring (bicyclic) bond motifs is 1. The van der Waals surface area contributed by atoms with Crippen LogP contribution in [0.15, 0.2) is 73.8 Å². The maximum absolute atomic E-state index is 3.85. The summed E-state index contributed by atoms with van der Waals surface area (Å²) in [5.74, 6) is 0. The van der Waals surface area contributed by atoms with Crippen LogP contribution in [0, 0.1) is 0 Å². The van der Waals surface area contributed by atoms with E-state index in [-0.39, 0.29) is 0 Å². The van der Waals surface area contributed by atoms with Crippen molar-refractivity contribution in [1.29, 1.82) is 0 Å². The van der Waals surface area contributed by atoms with Crippen LogP contribution in [0.3, 0.4) is 0 Å². The van der Waals surface area contributed by atoms with E-state index in [4.69, 9.17) is 0 Å². The molecule has 24 heavy (non-hydrogen) atoms. The summed E-state index contributed by atoms with van der Waals surface area (Å²) in [4.78, 5) is 0. The molecule has 0 amide bonds. The van der Waals surface area contributed by atoms with E-state index in [0.29, 0.717) is 0 Å². The van der Waals surface area contributed by atoms with Crippen LogP contribution in [-0.2, 0) is 12.8 Å². The van der Waals surface area contributed by atoms with Crippen molar-refractivity contribution in [2.24, 2.45) is 0 Å². The largest absolute Gasteiger partial charge is 0.0985 e. The molecule has 0 aromatic heterocycles. The summed E-state index contributed by atoms with van der Waals surface area (Å²) in [5.41, 5.74) is 10.6. The first kappa shape index (κ1) is 14.7. The van der Waals surface area contributed by atoms with E-state index in [2.05, 4.69) is 73.8 Å². The first-order valence-electron chi connectivity index (χ1n) is 8.40. The number of rotatable bonds is 4. The van der Waals surface area contributed by atoms with Crippen LogP contribution in [0.5, 0.6) is 0 Å². The maximum atomic E-state index is 3.85. The smallest absolute Gasteiger partial charge is 0.00704 e. The van der Waals surface area contributed by atoms with E-state index in [1.807, 2.05) is 12.2 Å². The Morgan fingerprint density at radius 2 is 1.21 bits per heavy atom. The second-order valence-corrected chi connectivity index (χ2v) is 6.28. The molecule has 0 aliphatic heterocycles. The van der Waals surface area contributed by atoms with Crippen molar-refractivity contribution in [2.45, 2.75) is 12.8 Å². The van der Waals surface area contributed by atoms with Gasteiger partial charge in [0.1, 0.15) is 0 Å². The molecule has 0 bridgehead atoms. The predicted octanol–water partition coefficient (Wildman–Crippen LogP) is 6.41. The van der Waals surface area contributed by atoms with Gasteiger partial charge in [-0.25, -0.2) is 0 Å². The van der Waals surface area contributed by atoms with E-state index in [9.17, 15) is 0 Å². The van der Waals surface area contributed by atoms with Crippen molar-refractivity contribution in [3.05, 3.63) is 96.1 Å². The van der Waals surface area contributed by atoms with Crippen molar-refractivity contribution in [2.75, 3.05) is 0 Å². The van der Waals surface area contributed by atoms with Gasteiger partial charge in [0, 0.05) is 0 Å². The third-order valence-electron chi connectivity index (χ3n) is 4.95. The average molecular weight is 308 g/mol. The van der Waals surface area contributed by atoms with Crippen molar-refractivity contribution in [3.63, 3.8) is 0 Å². The van der Waals surface area contributed by atoms with Crippen LogP contribution in [-0.4, -0.2) is 0 Å². The zero-order chi connectivity index (χ0) is 16.5. The molecular weight excluding hydrogens is 288 g/mol. The lowest BCUT2D eigenvalue weighted by molar-refractivity contribution is 0.843. The number of benzene rings is 3. The summed E-state index contributed by atoms with van der Waals surface area (Å²) in [6, 6.07) is 21.9. The fraction of sp³-hybridized carbons (Fsp3) is 0.0833. The van der Waals surface area contributed by atoms with Crippen molar-refractivity contribution >= 4 is 12.2 Å². The van der Waals surface area contributed by atoms with Crippen LogP contribution in [0.25, 0.3) is 34.4 Å². The van der Waals surface area contributed by atoms with Crippen molar-refractivity contribution in [3.8, 4) is 22.3 Å². The molecule has 0 heteroatoms. The molecule has 3 aromatic carbocycles. The number of aryl methyl sites for hydroxylation is 1. The summed E-state index contributed by atoms with van der Waals surface area (Å²) in [7, 11) is 0. The normalized spacial score (nSPS) is 12.2. The molecule has 116 valence electrons. The van der Waals surface area contributed by atoms with Gasteiger partial charge in [0.25, 0.3) is 0 Å². The van der Waals surface area contributed by atoms with Crippen molar-refractivity contribution in [1.82, 2.24) is 0 Å². The zero-order valence-electron chi connectivity index (χ0n) is 13.8. The molecular formula is C24H20. The summed E-state index contributed by atoms with van der Waals surface area (Å²) < 4.78 is 0. The highest BCUT2D eigenvalue weighted by Gasteiger charge is 2.21. The lowest BCUT2D eigenvalue weighted by atomic mass is 9.78. The Labute approximate surface area is 143 Å². The van der Waals surface area contributed by atoms with Crippen LogP contribution >= 0.6 is 0 Å². The van der Waals surface area contributed by atoms with E-state index in [0.717, 1.165) is 11.1 Å². The highest BCUT2D eigenvalue weighted by Crippen LogP contribution is 2.41. The van der Waals surface area contributed by atoms with E-state index < -0.39 is 0 Å². The number of hydrogen-bond donors (Lipinski definition) is 0. The minimum Gasteiger partial charge on any atom is -0.0985 e. The van der Waals surface area contributed by atoms with E-state index in [1.165, 1.54) is 46.2 Å². The van der Waals surface area contributed by atoms with Gasteiger partial charge in [-0.1, -0.05) is 86.0 Å². The first-order valence-corrected chi connectivity index (χ1v) is 8.40. The van der Waals surface area contributed by atoms with Crippen molar-refractivity contribution < 1.29 is 0 Å². The summed E-state index contributed by atoms with van der Waals surface area (Å²) in [5, 5.41) is 0. The molecule has 0 atom stereocenters. The minimum atomic E-state index is 1.15.